The van der Waals surface area contributed by atoms with E-state index in [1.807, 2.05) is 43.3 Å². The average molecular weight is 524 g/mol. The smallest absolute Gasteiger partial charge is 0.274 e. The van der Waals surface area contributed by atoms with Gasteiger partial charge in [-0.25, -0.2) is 18.5 Å². The summed E-state index contributed by atoms with van der Waals surface area (Å²) in [6, 6.07) is 13.5. The fourth-order valence-electron chi connectivity index (χ4n) is 4.86. The molecule has 0 aliphatic carbocycles. The number of hydrogen-bond donors (Lipinski definition) is 2. The van der Waals surface area contributed by atoms with Gasteiger partial charge in [0.15, 0.2) is 0 Å². The molecule has 1 unspecified atom stereocenters. The van der Waals surface area contributed by atoms with Gasteiger partial charge in [0.25, 0.3) is 5.56 Å². The van der Waals surface area contributed by atoms with Crippen LogP contribution in [0.5, 0.6) is 0 Å². The van der Waals surface area contributed by atoms with E-state index >= 15 is 0 Å². The van der Waals surface area contributed by atoms with Crippen molar-refractivity contribution in [2.45, 2.75) is 26.3 Å². The van der Waals surface area contributed by atoms with Gasteiger partial charge in [0.1, 0.15) is 11.3 Å². The molecule has 8 nitrogen and oxygen atoms in total. The third kappa shape index (κ3) is 4.34. The molecule has 186 valence electrons. The molecule has 0 aliphatic rings. The summed E-state index contributed by atoms with van der Waals surface area (Å²) in [4.78, 5) is 20.5. The van der Waals surface area contributed by atoms with E-state index in [2.05, 4.69) is 22.5 Å². The minimum absolute atomic E-state index is 0.0546. The zero-order valence-electron chi connectivity index (χ0n) is 20.1. The van der Waals surface area contributed by atoms with Crippen LogP contribution in [0, 0.1) is 6.92 Å². The van der Waals surface area contributed by atoms with Crippen LogP contribution in [0.3, 0.4) is 0 Å². The number of aromatic amines is 1. The number of hydrogen-bond acceptors (Lipinski definition) is 4. The predicted octanol–water partition coefficient (Wildman–Crippen LogP) is 4.29. The Kier molecular flexibility index (Phi) is 6.02. The van der Waals surface area contributed by atoms with Crippen molar-refractivity contribution in [2.24, 2.45) is 12.2 Å². The molecule has 5 aromatic rings. The fourth-order valence-corrected chi connectivity index (χ4v) is 5.49. The number of pyridine rings is 1. The highest BCUT2D eigenvalue weighted by atomic mass is 35.5. The van der Waals surface area contributed by atoms with Gasteiger partial charge in [-0.2, -0.15) is 0 Å². The number of primary sulfonamides is 1. The normalized spacial score (nSPS) is 13.0. The standard InChI is InChI=1S/C26H26ClN5O3S/c1-15(17-4-6-20(27)7-5-17)32-16(2)30-24-18(9-11-36(28,34)35)12-19(13-23(24)32)22-14-31(3)26(33)25-21(22)8-10-29-25/h4-8,10,12-15,29H,9,11H2,1-3H3,(H2,28,34,35). The lowest BCUT2D eigenvalue weighted by molar-refractivity contribution is 0.597. The third-order valence-corrected chi connectivity index (χ3v) is 7.68. The number of nitrogens with two attached hydrogens (primary N) is 1. The van der Waals surface area contributed by atoms with Crippen molar-refractivity contribution >= 4 is 43.6 Å². The van der Waals surface area contributed by atoms with Crippen LogP contribution in [0.2, 0.25) is 5.02 Å². The number of benzene rings is 2. The number of imidazole rings is 1. The van der Waals surface area contributed by atoms with Crippen LogP contribution < -0.4 is 10.7 Å². The average Bonchev–Trinajstić information content (AvgIpc) is 3.44. The summed E-state index contributed by atoms with van der Waals surface area (Å²) in [5.41, 5.74) is 5.55. The molecule has 0 aliphatic heterocycles. The van der Waals surface area contributed by atoms with Gasteiger partial charge in [-0.15, -0.1) is 0 Å². The van der Waals surface area contributed by atoms with Crippen LogP contribution >= 0.6 is 11.6 Å². The molecule has 0 saturated carbocycles. The Morgan fingerprint density at radius 2 is 1.89 bits per heavy atom. The van der Waals surface area contributed by atoms with Crippen molar-refractivity contribution in [3.05, 3.63) is 87.2 Å². The number of halogens is 1. The highest BCUT2D eigenvalue weighted by Gasteiger charge is 2.20. The van der Waals surface area contributed by atoms with Gasteiger partial charge < -0.3 is 14.1 Å². The topological polar surface area (TPSA) is 116 Å². The van der Waals surface area contributed by atoms with E-state index in [-0.39, 0.29) is 23.8 Å². The first-order valence-corrected chi connectivity index (χ1v) is 13.6. The summed E-state index contributed by atoms with van der Waals surface area (Å²) < 4.78 is 27.3. The second kappa shape index (κ2) is 8.92. The summed E-state index contributed by atoms with van der Waals surface area (Å²) in [5, 5.41) is 6.80. The number of sulfonamides is 1. The molecule has 0 spiro atoms. The van der Waals surface area contributed by atoms with Crippen molar-refractivity contribution in [1.82, 2.24) is 19.1 Å². The van der Waals surface area contributed by atoms with Gasteiger partial charge in [0, 0.05) is 35.4 Å². The summed E-state index contributed by atoms with van der Waals surface area (Å²) in [6.45, 7) is 4.02. The van der Waals surface area contributed by atoms with E-state index in [0.717, 1.165) is 44.5 Å². The molecule has 0 bridgehead atoms. The van der Waals surface area contributed by atoms with Crippen molar-refractivity contribution in [3.63, 3.8) is 0 Å². The van der Waals surface area contributed by atoms with Crippen molar-refractivity contribution < 1.29 is 8.42 Å². The lowest BCUT2D eigenvalue weighted by Gasteiger charge is -2.18. The molecule has 0 fully saturated rings. The van der Waals surface area contributed by atoms with Gasteiger partial charge in [-0.1, -0.05) is 23.7 Å². The minimum atomic E-state index is -3.67. The number of nitrogens with zero attached hydrogens (tertiary/aromatic N) is 3. The predicted molar refractivity (Wildman–Crippen MR) is 144 cm³/mol. The monoisotopic (exact) mass is 523 g/mol. The maximum atomic E-state index is 12.6. The number of nitrogens with one attached hydrogen (secondary N) is 1. The molecule has 2 aromatic carbocycles. The maximum absolute atomic E-state index is 12.6. The second-order valence-corrected chi connectivity index (χ2v) is 11.3. The highest BCUT2D eigenvalue weighted by molar-refractivity contribution is 7.89. The summed E-state index contributed by atoms with van der Waals surface area (Å²) in [5.74, 6) is 0.602. The Morgan fingerprint density at radius 3 is 2.58 bits per heavy atom. The van der Waals surface area contributed by atoms with Crippen molar-refractivity contribution in [2.75, 3.05) is 5.75 Å². The first-order valence-electron chi connectivity index (χ1n) is 11.5. The summed E-state index contributed by atoms with van der Waals surface area (Å²) >= 11 is 6.11. The number of fused-ring (bicyclic) bond motifs is 2. The molecule has 3 heterocycles. The quantitative estimate of drug-likeness (QED) is 0.345. The molecule has 36 heavy (non-hydrogen) atoms. The number of aryl methyl sites for hydroxylation is 3. The zero-order valence-corrected chi connectivity index (χ0v) is 21.7. The van der Waals surface area contributed by atoms with Crippen LogP contribution in [-0.4, -0.2) is 33.3 Å². The Labute approximate surface area is 213 Å². The van der Waals surface area contributed by atoms with E-state index in [4.69, 9.17) is 21.7 Å². The Morgan fingerprint density at radius 1 is 1.17 bits per heavy atom. The zero-order chi connectivity index (χ0) is 25.8. The molecule has 0 saturated heterocycles. The molecule has 0 amide bonds. The van der Waals surface area contributed by atoms with E-state index in [1.165, 1.54) is 0 Å². The van der Waals surface area contributed by atoms with Gasteiger partial charge in [-0.3, -0.25) is 4.79 Å². The van der Waals surface area contributed by atoms with Gasteiger partial charge >= 0.3 is 0 Å². The fraction of sp³-hybridized carbons (Fsp3) is 0.231. The van der Waals surface area contributed by atoms with Crippen LogP contribution in [0.4, 0.5) is 0 Å². The summed E-state index contributed by atoms with van der Waals surface area (Å²) in [7, 11) is -1.96. The molecule has 3 aromatic heterocycles. The van der Waals surface area contributed by atoms with Crippen LogP contribution in [-0.2, 0) is 23.5 Å². The molecular weight excluding hydrogens is 498 g/mol. The van der Waals surface area contributed by atoms with Gasteiger partial charge in [0.05, 0.1) is 22.8 Å². The maximum Gasteiger partial charge on any atom is 0.274 e. The van der Waals surface area contributed by atoms with E-state index < -0.39 is 10.0 Å². The molecule has 3 N–H and O–H groups in total. The van der Waals surface area contributed by atoms with E-state index in [9.17, 15) is 13.2 Å². The van der Waals surface area contributed by atoms with E-state index in [1.54, 1.807) is 24.0 Å². The first-order chi connectivity index (χ1) is 17.0. The number of H-pyrrole nitrogens is 1. The minimum Gasteiger partial charge on any atom is -0.357 e. The third-order valence-electron chi connectivity index (χ3n) is 6.65. The highest BCUT2D eigenvalue weighted by Crippen LogP contribution is 2.34. The molecule has 0 radical (unpaired) electrons. The van der Waals surface area contributed by atoms with Crippen LogP contribution in [0.15, 0.2) is 59.7 Å². The molecule has 10 heteroatoms. The van der Waals surface area contributed by atoms with Crippen LogP contribution in [0.1, 0.15) is 29.9 Å². The van der Waals surface area contributed by atoms with Gasteiger partial charge in [-0.05, 0) is 67.3 Å². The summed E-state index contributed by atoms with van der Waals surface area (Å²) in [6.07, 6.45) is 3.77. The Balaban J connectivity index is 1.78. The molecule has 1 atom stereocenters. The number of aromatic nitrogens is 4. The second-order valence-electron chi connectivity index (χ2n) is 9.10. The largest absolute Gasteiger partial charge is 0.357 e. The lowest BCUT2D eigenvalue weighted by Crippen LogP contribution is -2.18. The van der Waals surface area contributed by atoms with Gasteiger partial charge in [0.2, 0.25) is 10.0 Å². The first kappa shape index (κ1) is 24.3. The van der Waals surface area contributed by atoms with Crippen molar-refractivity contribution in [1.29, 1.82) is 0 Å². The van der Waals surface area contributed by atoms with Crippen molar-refractivity contribution in [3.8, 4) is 11.1 Å². The van der Waals surface area contributed by atoms with Crippen LogP contribution in [0.25, 0.3) is 33.1 Å². The SMILES string of the molecule is Cc1nc2c(CCS(N)(=O)=O)cc(-c3cn(C)c(=O)c4[nH]ccc34)cc2n1C(C)c1ccc(Cl)cc1. The Hall–Kier alpha value is -3.40. The number of rotatable bonds is 6. The molecule has 5 rings (SSSR count). The molecular formula is C26H26ClN5O3S. The lowest BCUT2D eigenvalue weighted by atomic mass is 9.99. The Bertz CT molecular complexity index is 1780. The van der Waals surface area contributed by atoms with E-state index in [0.29, 0.717) is 10.5 Å².